The van der Waals surface area contributed by atoms with Gasteiger partial charge in [0.1, 0.15) is 0 Å². The first kappa shape index (κ1) is 22.4. The highest BCUT2D eigenvalue weighted by molar-refractivity contribution is 6.26. The summed E-state index contributed by atoms with van der Waals surface area (Å²) in [5, 5.41) is 10.6. The lowest BCUT2D eigenvalue weighted by Crippen LogP contribution is -2.11. The van der Waals surface area contributed by atoms with Gasteiger partial charge in [-0.15, -0.1) is 0 Å². The standard InChI is InChI=1S/C38H29N/c1-38(2,3)33-22-18-25-16-20-31-28(19-15-24-17-21-32(33)37(25)36(24)31)26-9-8-10-27(23-26)39-34-13-6-4-11-29(34)30-12-5-7-14-35(30)39/h4-23H,1-3H3. The highest BCUT2D eigenvalue weighted by atomic mass is 15.0. The summed E-state index contributed by atoms with van der Waals surface area (Å²) in [7, 11) is 0. The molecule has 0 aliphatic carbocycles. The van der Waals surface area contributed by atoms with Crippen LogP contribution in [0.2, 0.25) is 0 Å². The molecule has 0 N–H and O–H groups in total. The number of rotatable bonds is 2. The predicted molar refractivity (Wildman–Crippen MR) is 169 cm³/mol. The van der Waals surface area contributed by atoms with E-state index in [2.05, 4.69) is 147 Å². The minimum absolute atomic E-state index is 0.0851. The fourth-order valence-corrected chi connectivity index (χ4v) is 6.72. The zero-order chi connectivity index (χ0) is 26.3. The summed E-state index contributed by atoms with van der Waals surface area (Å²) in [6, 6.07) is 44.9. The molecule has 8 aromatic rings. The summed E-state index contributed by atoms with van der Waals surface area (Å²) in [6.07, 6.45) is 0. The molecule has 0 radical (unpaired) electrons. The highest BCUT2D eigenvalue weighted by Gasteiger charge is 2.20. The van der Waals surface area contributed by atoms with Gasteiger partial charge in [0.05, 0.1) is 11.0 Å². The van der Waals surface area contributed by atoms with Crippen LogP contribution >= 0.6 is 0 Å². The lowest BCUT2D eigenvalue weighted by atomic mass is 9.81. The molecule has 0 unspecified atom stereocenters. The molecule has 1 aromatic heterocycles. The predicted octanol–water partition coefficient (Wildman–Crippen LogP) is 10.6. The summed E-state index contributed by atoms with van der Waals surface area (Å²) in [4.78, 5) is 0. The van der Waals surface area contributed by atoms with Crippen LogP contribution in [0.4, 0.5) is 0 Å². The van der Waals surface area contributed by atoms with Crippen molar-refractivity contribution in [1.82, 2.24) is 4.57 Å². The summed E-state index contributed by atoms with van der Waals surface area (Å²) in [5.74, 6) is 0. The number of nitrogens with zero attached hydrogens (tertiary/aromatic N) is 1. The number of aromatic nitrogens is 1. The third-order valence-corrected chi connectivity index (χ3v) is 8.47. The normalized spacial score (nSPS) is 12.5. The van der Waals surface area contributed by atoms with Crippen LogP contribution < -0.4 is 0 Å². The van der Waals surface area contributed by atoms with E-state index in [1.807, 2.05) is 0 Å². The Morgan fingerprint density at radius 3 is 1.77 bits per heavy atom. The van der Waals surface area contributed by atoms with Crippen molar-refractivity contribution in [3.05, 3.63) is 127 Å². The van der Waals surface area contributed by atoms with Gasteiger partial charge in [0.2, 0.25) is 0 Å². The molecule has 0 saturated heterocycles. The third kappa shape index (κ3) is 3.20. The van der Waals surface area contributed by atoms with E-state index in [0.717, 1.165) is 0 Å². The number of benzene rings is 7. The fraction of sp³-hybridized carbons (Fsp3) is 0.105. The molecule has 0 amide bonds. The minimum atomic E-state index is 0.0851. The maximum atomic E-state index is 2.40. The molecule has 39 heavy (non-hydrogen) atoms. The molecular formula is C38H29N. The first-order valence-electron chi connectivity index (χ1n) is 13.8. The molecule has 0 saturated carbocycles. The second-order valence-corrected chi connectivity index (χ2v) is 11.8. The van der Waals surface area contributed by atoms with Crippen molar-refractivity contribution < 1.29 is 0 Å². The molecular weight excluding hydrogens is 470 g/mol. The monoisotopic (exact) mass is 499 g/mol. The second-order valence-electron chi connectivity index (χ2n) is 11.8. The second kappa shape index (κ2) is 7.94. The molecule has 0 atom stereocenters. The van der Waals surface area contributed by atoms with Gasteiger partial charge in [0.25, 0.3) is 0 Å². The minimum Gasteiger partial charge on any atom is -0.309 e. The lowest BCUT2D eigenvalue weighted by Gasteiger charge is -2.23. The van der Waals surface area contributed by atoms with E-state index in [1.54, 1.807) is 0 Å². The molecule has 1 heteroatoms. The Kier molecular flexibility index (Phi) is 4.56. The van der Waals surface area contributed by atoms with Gasteiger partial charge in [-0.1, -0.05) is 118 Å². The van der Waals surface area contributed by atoms with E-state index in [9.17, 15) is 0 Å². The van der Waals surface area contributed by atoms with Crippen molar-refractivity contribution in [2.24, 2.45) is 0 Å². The van der Waals surface area contributed by atoms with E-state index in [1.165, 1.54) is 76.5 Å². The Morgan fingerprint density at radius 2 is 1.08 bits per heavy atom. The van der Waals surface area contributed by atoms with Gasteiger partial charge in [0, 0.05) is 16.5 Å². The fourth-order valence-electron chi connectivity index (χ4n) is 6.72. The zero-order valence-electron chi connectivity index (χ0n) is 22.5. The van der Waals surface area contributed by atoms with Gasteiger partial charge in [-0.25, -0.2) is 0 Å². The molecule has 0 fully saturated rings. The molecule has 0 bridgehead atoms. The van der Waals surface area contributed by atoms with E-state index >= 15 is 0 Å². The lowest BCUT2D eigenvalue weighted by molar-refractivity contribution is 0.596. The van der Waals surface area contributed by atoms with Crippen LogP contribution in [0.1, 0.15) is 26.3 Å². The number of para-hydroxylation sites is 2. The maximum Gasteiger partial charge on any atom is 0.0541 e. The Morgan fingerprint density at radius 1 is 0.487 bits per heavy atom. The molecule has 0 aliphatic heterocycles. The first-order valence-corrected chi connectivity index (χ1v) is 13.8. The van der Waals surface area contributed by atoms with Gasteiger partial charge in [-0.2, -0.15) is 0 Å². The molecule has 1 nitrogen and oxygen atoms in total. The van der Waals surface area contributed by atoms with Crippen molar-refractivity contribution in [2.45, 2.75) is 26.2 Å². The van der Waals surface area contributed by atoms with Gasteiger partial charge in [-0.05, 0) is 78.7 Å². The Labute approximate surface area is 228 Å². The molecule has 8 rings (SSSR count). The van der Waals surface area contributed by atoms with Crippen LogP contribution in [0.15, 0.2) is 121 Å². The third-order valence-electron chi connectivity index (χ3n) is 8.47. The SMILES string of the molecule is CC(C)(C)c1ccc2ccc3c(-c4cccc(-n5c6ccccc6c6ccccc65)c4)ccc4ccc1c2c43. The van der Waals surface area contributed by atoms with Gasteiger partial charge in [-0.3, -0.25) is 0 Å². The van der Waals surface area contributed by atoms with Gasteiger partial charge < -0.3 is 4.57 Å². The molecule has 0 spiro atoms. The summed E-state index contributed by atoms with van der Waals surface area (Å²) < 4.78 is 2.40. The molecule has 0 aliphatic rings. The average molecular weight is 500 g/mol. The van der Waals surface area contributed by atoms with Crippen LogP contribution in [0.5, 0.6) is 0 Å². The van der Waals surface area contributed by atoms with Crippen molar-refractivity contribution in [1.29, 1.82) is 0 Å². The summed E-state index contributed by atoms with van der Waals surface area (Å²) >= 11 is 0. The largest absolute Gasteiger partial charge is 0.309 e. The maximum absolute atomic E-state index is 2.40. The van der Waals surface area contributed by atoms with E-state index in [-0.39, 0.29) is 5.41 Å². The van der Waals surface area contributed by atoms with E-state index < -0.39 is 0 Å². The zero-order valence-corrected chi connectivity index (χ0v) is 22.5. The molecule has 186 valence electrons. The molecule has 1 heterocycles. The van der Waals surface area contributed by atoms with Crippen LogP contribution in [0.3, 0.4) is 0 Å². The summed E-state index contributed by atoms with van der Waals surface area (Å²) in [6.45, 7) is 6.93. The molecule has 7 aromatic carbocycles. The number of hydrogen-bond donors (Lipinski definition) is 0. The highest BCUT2D eigenvalue weighted by Crippen LogP contribution is 2.43. The van der Waals surface area contributed by atoms with Crippen molar-refractivity contribution >= 4 is 54.1 Å². The van der Waals surface area contributed by atoms with Crippen LogP contribution in [-0.4, -0.2) is 4.57 Å². The van der Waals surface area contributed by atoms with Crippen molar-refractivity contribution in [3.8, 4) is 16.8 Å². The average Bonchev–Trinajstić information content (AvgIpc) is 3.30. The van der Waals surface area contributed by atoms with E-state index in [4.69, 9.17) is 0 Å². The number of hydrogen-bond acceptors (Lipinski definition) is 0. The first-order chi connectivity index (χ1) is 19.0. The van der Waals surface area contributed by atoms with Gasteiger partial charge >= 0.3 is 0 Å². The number of fused-ring (bicyclic) bond motifs is 3. The topological polar surface area (TPSA) is 4.93 Å². The van der Waals surface area contributed by atoms with Crippen LogP contribution in [-0.2, 0) is 5.41 Å². The summed E-state index contributed by atoms with van der Waals surface area (Å²) in [5.41, 5.74) is 7.67. The Hall–Kier alpha value is -4.62. The quantitative estimate of drug-likeness (QED) is 0.208. The van der Waals surface area contributed by atoms with Crippen molar-refractivity contribution in [3.63, 3.8) is 0 Å². The Balaban J connectivity index is 1.40. The van der Waals surface area contributed by atoms with Crippen LogP contribution in [0, 0.1) is 0 Å². The Bertz CT molecular complexity index is 2150. The smallest absolute Gasteiger partial charge is 0.0541 e. The van der Waals surface area contributed by atoms with E-state index in [0.29, 0.717) is 0 Å². The van der Waals surface area contributed by atoms with Gasteiger partial charge in [0.15, 0.2) is 0 Å². The van der Waals surface area contributed by atoms with Crippen molar-refractivity contribution in [2.75, 3.05) is 0 Å². The van der Waals surface area contributed by atoms with Crippen LogP contribution in [0.25, 0.3) is 70.9 Å².